The molecule has 0 aliphatic heterocycles. The van der Waals surface area contributed by atoms with E-state index in [-0.39, 0.29) is 24.0 Å². The lowest BCUT2D eigenvalue weighted by Crippen LogP contribution is -2.20. The second-order valence-electron chi connectivity index (χ2n) is 4.53. The number of halogens is 1. The molecule has 0 heterocycles. The molecule has 7 heteroatoms. The van der Waals surface area contributed by atoms with Gasteiger partial charge in [0.05, 0.1) is 4.92 Å². The highest BCUT2D eigenvalue weighted by atomic mass is 127. The van der Waals surface area contributed by atoms with Crippen LogP contribution in [-0.2, 0) is 4.79 Å². The molecular formula is C15H13IN2O4. The largest absolute Gasteiger partial charge is 0.477 e. The van der Waals surface area contributed by atoms with Crippen LogP contribution in [0.15, 0.2) is 42.5 Å². The molecular weight excluding hydrogens is 399 g/mol. The van der Waals surface area contributed by atoms with Gasteiger partial charge < -0.3 is 10.1 Å². The first kappa shape index (κ1) is 16.2. The maximum Gasteiger partial charge on any atom is 0.313 e. The number of anilines is 1. The molecule has 0 aliphatic carbocycles. The number of nitrogens with zero attached hydrogens (tertiary/aromatic N) is 1. The highest BCUT2D eigenvalue weighted by molar-refractivity contribution is 14.1. The van der Waals surface area contributed by atoms with Crippen LogP contribution in [0.2, 0.25) is 0 Å². The van der Waals surface area contributed by atoms with E-state index >= 15 is 0 Å². The van der Waals surface area contributed by atoms with E-state index in [1.807, 2.05) is 18.2 Å². The molecule has 0 bridgehead atoms. The van der Waals surface area contributed by atoms with E-state index in [0.717, 1.165) is 3.57 Å². The second kappa shape index (κ2) is 7.21. The normalized spacial score (nSPS) is 10.1. The van der Waals surface area contributed by atoms with Gasteiger partial charge in [0.15, 0.2) is 12.4 Å². The van der Waals surface area contributed by atoms with Gasteiger partial charge in [-0.25, -0.2) is 0 Å². The summed E-state index contributed by atoms with van der Waals surface area (Å²) < 4.78 is 6.28. The Balaban J connectivity index is 2.03. The van der Waals surface area contributed by atoms with Crippen molar-refractivity contribution in [2.45, 2.75) is 6.92 Å². The number of aryl methyl sites for hydroxylation is 1. The van der Waals surface area contributed by atoms with Crippen LogP contribution in [0.4, 0.5) is 11.4 Å². The summed E-state index contributed by atoms with van der Waals surface area (Å²) in [5, 5.41) is 13.7. The summed E-state index contributed by atoms with van der Waals surface area (Å²) in [6.07, 6.45) is 0. The summed E-state index contributed by atoms with van der Waals surface area (Å²) in [6, 6.07) is 12.0. The van der Waals surface area contributed by atoms with Crippen molar-refractivity contribution in [2.75, 3.05) is 11.9 Å². The van der Waals surface area contributed by atoms with Gasteiger partial charge in [-0.1, -0.05) is 18.2 Å². The number of nitro benzene ring substituents is 1. The van der Waals surface area contributed by atoms with Crippen molar-refractivity contribution < 1.29 is 14.5 Å². The Labute approximate surface area is 140 Å². The zero-order valence-corrected chi connectivity index (χ0v) is 13.9. The number of hydrogen-bond donors (Lipinski definition) is 1. The Morgan fingerprint density at radius 2 is 2.05 bits per heavy atom. The van der Waals surface area contributed by atoms with Crippen molar-refractivity contribution >= 4 is 39.9 Å². The molecule has 0 atom stereocenters. The number of para-hydroxylation sites is 1. The first-order valence-electron chi connectivity index (χ1n) is 6.39. The standard InChI is InChI=1S/C15H13IN2O4/c1-10-4-2-7-13(15(10)18(20)21)22-9-14(19)17-12-6-3-5-11(16)8-12/h2-8H,9H2,1H3,(H,17,19). The number of benzene rings is 2. The molecule has 1 amide bonds. The zero-order valence-electron chi connectivity index (χ0n) is 11.7. The zero-order chi connectivity index (χ0) is 16.1. The third kappa shape index (κ3) is 4.17. The fraction of sp³-hybridized carbons (Fsp3) is 0.133. The van der Waals surface area contributed by atoms with Crippen molar-refractivity contribution in [1.29, 1.82) is 0 Å². The summed E-state index contributed by atoms with van der Waals surface area (Å²) in [7, 11) is 0. The summed E-state index contributed by atoms with van der Waals surface area (Å²) in [6.45, 7) is 1.33. The predicted octanol–water partition coefficient (Wildman–Crippen LogP) is 3.53. The Morgan fingerprint density at radius 1 is 1.32 bits per heavy atom. The molecule has 0 radical (unpaired) electrons. The molecule has 0 aromatic heterocycles. The molecule has 0 saturated carbocycles. The highest BCUT2D eigenvalue weighted by Gasteiger charge is 2.18. The number of carbonyl (C=O) groups excluding carboxylic acids is 1. The minimum Gasteiger partial charge on any atom is -0.477 e. The van der Waals surface area contributed by atoms with Crippen molar-refractivity contribution in [2.24, 2.45) is 0 Å². The van der Waals surface area contributed by atoms with Gasteiger partial charge in [-0.15, -0.1) is 0 Å². The van der Waals surface area contributed by atoms with Crippen LogP contribution in [0.5, 0.6) is 5.75 Å². The van der Waals surface area contributed by atoms with E-state index in [1.165, 1.54) is 6.07 Å². The smallest absolute Gasteiger partial charge is 0.313 e. The quantitative estimate of drug-likeness (QED) is 0.463. The molecule has 0 aliphatic rings. The maximum absolute atomic E-state index is 11.9. The first-order chi connectivity index (χ1) is 10.5. The van der Waals surface area contributed by atoms with E-state index < -0.39 is 4.92 Å². The number of nitro groups is 1. The van der Waals surface area contributed by atoms with Gasteiger partial charge in [0, 0.05) is 14.8 Å². The Bertz CT molecular complexity index is 718. The van der Waals surface area contributed by atoms with Gasteiger partial charge >= 0.3 is 5.69 Å². The number of rotatable bonds is 5. The van der Waals surface area contributed by atoms with Gasteiger partial charge in [-0.05, 0) is 53.8 Å². The monoisotopic (exact) mass is 412 g/mol. The number of nitrogens with one attached hydrogen (secondary N) is 1. The number of ether oxygens (including phenoxy) is 1. The highest BCUT2D eigenvalue weighted by Crippen LogP contribution is 2.30. The fourth-order valence-electron chi connectivity index (χ4n) is 1.89. The third-order valence-corrected chi connectivity index (χ3v) is 3.52. The summed E-state index contributed by atoms with van der Waals surface area (Å²) in [5.74, 6) is -0.291. The van der Waals surface area contributed by atoms with Crippen molar-refractivity contribution in [3.05, 3.63) is 61.7 Å². The maximum atomic E-state index is 11.9. The molecule has 2 aromatic carbocycles. The molecule has 6 nitrogen and oxygen atoms in total. The predicted molar refractivity (Wildman–Crippen MR) is 91.1 cm³/mol. The molecule has 22 heavy (non-hydrogen) atoms. The molecule has 1 N–H and O–H groups in total. The van der Waals surface area contributed by atoms with E-state index in [1.54, 1.807) is 25.1 Å². The van der Waals surface area contributed by atoms with Crippen LogP contribution < -0.4 is 10.1 Å². The van der Waals surface area contributed by atoms with Crippen LogP contribution >= 0.6 is 22.6 Å². The number of amides is 1. The second-order valence-corrected chi connectivity index (χ2v) is 5.77. The summed E-state index contributed by atoms with van der Waals surface area (Å²) in [5.41, 5.74) is 1.02. The average Bonchev–Trinajstić information content (AvgIpc) is 2.44. The Hall–Kier alpha value is -2.16. The molecule has 0 fully saturated rings. The van der Waals surface area contributed by atoms with Crippen LogP contribution in [0.3, 0.4) is 0 Å². The van der Waals surface area contributed by atoms with E-state index in [2.05, 4.69) is 27.9 Å². The van der Waals surface area contributed by atoms with Crippen LogP contribution in [0.1, 0.15) is 5.56 Å². The SMILES string of the molecule is Cc1cccc(OCC(=O)Nc2cccc(I)c2)c1[N+](=O)[O-]. The van der Waals surface area contributed by atoms with E-state index in [0.29, 0.717) is 11.3 Å². The van der Waals surface area contributed by atoms with Gasteiger partial charge in [-0.2, -0.15) is 0 Å². The number of hydrogen-bond acceptors (Lipinski definition) is 4. The lowest BCUT2D eigenvalue weighted by molar-refractivity contribution is -0.386. The van der Waals surface area contributed by atoms with Crippen molar-refractivity contribution in [3.8, 4) is 5.75 Å². The molecule has 0 unspecified atom stereocenters. The van der Waals surface area contributed by atoms with Crippen molar-refractivity contribution in [1.82, 2.24) is 0 Å². The molecule has 0 saturated heterocycles. The topological polar surface area (TPSA) is 81.5 Å². The van der Waals surface area contributed by atoms with E-state index in [9.17, 15) is 14.9 Å². The minimum atomic E-state index is -0.512. The van der Waals surface area contributed by atoms with E-state index in [4.69, 9.17) is 4.74 Å². The lowest BCUT2D eigenvalue weighted by Gasteiger charge is -2.09. The average molecular weight is 412 g/mol. The third-order valence-electron chi connectivity index (χ3n) is 2.85. The summed E-state index contributed by atoms with van der Waals surface area (Å²) in [4.78, 5) is 22.4. The Morgan fingerprint density at radius 3 is 2.73 bits per heavy atom. The molecule has 2 aromatic rings. The molecule has 114 valence electrons. The molecule has 0 spiro atoms. The van der Waals surface area contributed by atoms with Gasteiger partial charge in [0.2, 0.25) is 0 Å². The summed E-state index contributed by atoms with van der Waals surface area (Å²) >= 11 is 2.14. The lowest BCUT2D eigenvalue weighted by atomic mass is 10.2. The van der Waals surface area contributed by atoms with Crippen LogP contribution in [-0.4, -0.2) is 17.4 Å². The molecule has 2 rings (SSSR count). The fourth-order valence-corrected chi connectivity index (χ4v) is 2.43. The number of carbonyl (C=O) groups is 1. The van der Waals surface area contributed by atoms with Gasteiger partial charge in [-0.3, -0.25) is 14.9 Å². The Kier molecular flexibility index (Phi) is 5.31. The first-order valence-corrected chi connectivity index (χ1v) is 7.47. The van der Waals surface area contributed by atoms with Crippen LogP contribution in [0.25, 0.3) is 0 Å². The minimum absolute atomic E-state index is 0.0859. The van der Waals surface area contributed by atoms with Gasteiger partial charge in [0.25, 0.3) is 5.91 Å². The van der Waals surface area contributed by atoms with Crippen molar-refractivity contribution in [3.63, 3.8) is 0 Å². The van der Waals surface area contributed by atoms with Gasteiger partial charge in [0.1, 0.15) is 0 Å². The van der Waals surface area contributed by atoms with Crippen LogP contribution in [0, 0.1) is 20.6 Å².